The smallest absolute Gasteiger partial charge is 0.410 e. The molecule has 1 heterocycles. The van der Waals surface area contributed by atoms with Gasteiger partial charge in [-0.25, -0.2) is 4.79 Å². The molecule has 1 amide bonds. The monoisotopic (exact) mass is 795 g/mol. The second kappa shape index (κ2) is 17.3. The molecule has 1 aliphatic heterocycles. The van der Waals surface area contributed by atoms with Crippen LogP contribution in [-0.4, -0.2) is 64.2 Å². The molecule has 0 aliphatic carbocycles. The zero-order valence-corrected chi connectivity index (χ0v) is 34.4. The Labute approximate surface area is 316 Å². The molecule has 5 atom stereocenters. The summed E-state index contributed by atoms with van der Waals surface area (Å²) in [6.45, 7) is 15.0. The van der Waals surface area contributed by atoms with Crippen LogP contribution in [0.4, 0.5) is 4.79 Å². The third-order valence-electron chi connectivity index (χ3n) is 10.4. The number of carbonyl (C=O) groups is 1. The Balaban J connectivity index is 1.83. The first-order valence-electron chi connectivity index (χ1n) is 17.8. The van der Waals surface area contributed by atoms with Crippen LogP contribution < -0.4 is 15.1 Å². The SMILES string of the molecule is CC[C@@H](CC(C)(C)[Si](O)(c1ccccc1)c1ccccc1)[C@@]1(C)OC(=O)N(CCCCN=[N+]=[N-])[C@@H]1[C@@H](Cc1cccc(Br)c1)N[S+]([O-])C(C)(C)C. The Morgan fingerprint density at radius 2 is 1.67 bits per heavy atom. The zero-order valence-electron chi connectivity index (χ0n) is 31.0. The number of ether oxygens (including phenoxy) is 1. The fourth-order valence-corrected chi connectivity index (χ4v) is 12.8. The first-order chi connectivity index (χ1) is 24.1. The predicted octanol–water partition coefficient (Wildman–Crippen LogP) is 8.03. The number of nitrogens with one attached hydrogen (secondary N) is 1. The molecule has 2 N–H and O–H groups in total. The second-order valence-electron chi connectivity index (χ2n) is 15.4. The van der Waals surface area contributed by atoms with E-state index in [2.05, 4.69) is 57.5 Å². The molecule has 0 saturated carbocycles. The van der Waals surface area contributed by atoms with E-state index in [0.717, 1.165) is 20.4 Å². The lowest BCUT2D eigenvalue weighted by atomic mass is 9.73. The van der Waals surface area contributed by atoms with Gasteiger partial charge >= 0.3 is 6.09 Å². The number of halogens is 1. The highest BCUT2D eigenvalue weighted by atomic mass is 79.9. The summed E-state index contributed by atoms with van der Waals surface area (Å²) in [6, 6.07) is 27.1. The minimum absolute atomic E-state index is 0.170. The molecule has 4 rings (SSSR count). The van der Waals surface area contributed by atoms with Crippen molar-refractivity contribution in [2.45, 2.75) is 108 Å². The van der Waals surface area contributed by atoms with Gasteiger partial charge in [0.05, 0.1) is 12.1 Å². The number of benzene rings is 3. The van der Waals surface area contributed by atoms with E-state index in [4.69, 9.17) is 10.3 Å². The summed E-state index contributed by atoms with van der Waals surface area (Å²) in [5.74, 6) is -0.170. The average molecular weight is 797 g/mol. The van der Waals surface area contributed by atoms with Gasteiger partial charge in [0, 0.05) is 39.8 Å². The maximum atomic E-state index is 14.1. The van der Waals surface area contributed by atoms with Crippen molar-refractivity contribution in [1.82, 2.24) is 9.62 Å². The molecule has 12 heteroatoms. The fraction of sp³-hybridized carbons (Fsp3) is 0.513. The molecule has 3 aromatic carbocycles. The standard InChI is InChI=1S/C39H54BrN5O4SSi/c1-8-30(28-38(5,6)51(48,32-20-11-9-12-21-32)33-22-13-10-14-23-33)39(7)35(45(36(46)49-39)25-16-15-24-42-44-41)34(43-50(47)37(2,3)4)27-29-18-17-19-31(40)26-29/h9-14,17-23,26,30,34-35,43,48H,8,15-16,24-25,27-28H2,1-7H3/t30-,34+,35+,39+,50?/m0/s1. The van der Waals surface area contributed by atoms with E-state index in [9.17, 15) is 14.1 Å². The van der Waals surface area contributed by atoms with Gasteiger partial charge < -0.3 is 14.1 Å². The van der Waals surface area contributed by atoms with Gasteiger partial charge in [-0.1, -0.05) is 115 Å². The molecule has 276 valence electrons. The first-order valence-corrected chi connectivity index (χ1v) is 21.7. The van der Waals surface area contributed by atoms with E-state index in [1.54, 1.807) is 4.90 Å². The summed E-state index contributed by atoms with van der Waals surface area (Å²) in [5.41, 5.74) is 8.83. The van der Waals surface area contributed by atoms with Crippen LogP contribution in [0.5, 0.6) is 0 Å². The highest BCUT2D eigenvalue weighted by Crippen LogP contribution is 2.49. The minimum Gasteiger partial charge on any atom is -0.598 e. The van der Waals surface area contributed by atoms with Crippen LogP contribution in [0.25, 0.3) is 10.4 Å². The van der Waals surface area contributed by atoms with Crippen molar-refractivity contribution in [3.63, 3.8) is 0 Å². The highest BCUT2D eigenvalue weighted by molar-refractivity contribution is 9.10. The van der Waals surface area contributed by atoms with Gasteiger partial charge in [-0.15, -0.1) is 4.72 Å². The van der Waals surface area contributed by atoms with Crippen LogP contribution in [0.1, 0.15) is 79.7 Å². The van der Waals surface area contributed by atoms with E-state index in [1.807, 2.05) is 107 Å². The maximum absolute atomic E-state index is 14.1. The van der Waals surface area contributed by atoms with Gasteiger partial charge in [0.2, 0.25) is 0 Å². The molecule has 3 aromatic rings. The molecule has 0 spiro atoms. The Morgan fingerprint density at radius 3 is 2.20 bits per heavy atom. The van der Waals surface area contributed by atoms with E-state index >= 15 is 0 Å². The van der Waals surface area contributed by atoms with Gasteiger partial charge in [0.15, 0.2) is 0 Å². The highest BCUT2D eigenvalue weighted by Gasteiger charge is 2.60. The van der Waals surface area contributed by atoms with Crippen molar-refractivity contribution < 1.29 is 18.9 Å². The number of rotatable bonds is 17. The summed E-state index contributed by atoms with van der Waals surface area (Å²) in [7, 11) is -3.39. The van der Waals surface area contributed by atoms with Gasteiger partial charge in [-0.05, 0) is 98.4 Å². The van der Waals surface area contributed by atoms with Crippen LogP contribution in [0, 0.1) is 5.92 Å². The number of azide groups is 1. The first kappa shape index (κ1) is 40.9. The lowest BCUT2D eigenvalue weighted by Gasteiger charge is -2.48. The topological polar surface area (TPSA) is 134 Å². The van der Waals surface area contributed by atoms with Crippen molar-refractivity contribution in [3.05, 3.63) is 105 Å². The molecule has 1 fully saturated rings. The zero-order chi connectivity index (χ0) is 37.5. The normalized spacial score (nSPS) is 20.0. The summed E-state index contributed by atoms with van der Waals surface area (Å²) in [5, 5.41) is 4.95. The van der Waals surface area contributed by atoms with Crippen molar-refractivity contribution in [2.24, 2.45) is 11.0 Å². The van der Waals surface area contributed by atoms with E-state index < -0.39 is 53.2 Å². The van der Waals surface area contributed by atoms with Gasteiger partial charge in [-0.2, -0.15) is 0 Å². The van der Waals surface area contributed by atoms with Gasteiger partial charge in [-0.3, -0.25) is 4.90 Å². The number of unbranched alkanes of at least 4 members (excludes halogenated alkanes) is 1. The van der Waals surface area contributed by atoms with Crippen LogP contribution in [0.2, 0.25) is 5.04 Å². The van der Waals surface area contributed by atoms with E-state index in [0.29, 0.717) is 45.2 Å². The third kappa shape index (κ3) is 9.40. The lowest BCUT2D eigenvalue weighted by Crippen LogP contribution is -2.67. The maximum Gasteiger partial charge on any atom is 0.410 e. The molecule has 0 bridgehead atoms. The second-order valence-corrected chi connectivity index (χ2v) is 22.3. The average Bonchev–Trinajstić information content (AvgIpc) is 3.35. The van der Waals surface area contributed by atoms with Crippen LogP contribution in [0.3, 0.4) is 0 Å². The van der Waals surface area contributed by atoms with Crippen molar-refractivity contribution in [1.29, 1.82) is 0 Å². The van der Waals surface area contributed by atoms with E-state index in [1.165, 1.54) is 0 Å². The van der Waals surface area contributed by atoms with Crippen LogP contribution >= 0.6 is 15.9 Å². The van der Waals surface area contributed by atoms with Crippen LogP contribution in [-0.2, 0) is 22.5 Å². The molecular formula is C39H54BrN5O4SSi. The summed E-state index contributed by atoms with van der Waals surface area (Å²) in [6.07, 6.45) is 2.58. The van der Waals surface area contributed by atoms with Crippen LogP contribution in [0.15, 0.2) is 94.5 Å². The number of hydrogen-bond donors (Lipinski definition) is 2. The quantitative estimate of drug-likeness (QED) is 0.0357. The molecule has 1 saturated heterocycles. The number of nitrogens with zero attached hydrogens (tertiary/aromatic N) is 4. The number of amides is 1. The van der Waals surface area contributed by atoms with Gasteiger partial charge in [0.1, 0.15) is 10.3 Å². The predicted molar refractivity (Wildman–Crippen MR) is 214 cm³/mol. The van der Waals surface area contributed by atoms with Gasteiger partial charge in [0.25, 0.3) is 8.32 Å². The largest absolute Gasteiger partial charge is 0.598 e. The molecule has 51 heavy (non-hydrogen) atoms. The molecular weight excluding hydrogens is 743 g/mol. The van der Waals surface area contributed by atoms with Crippen molar-refractivity contribution in [3.8, 4) is 0 Å². The Bertz CT molecular complexity index is 1600. The molecule has 1 unspecified atom stereocenters. The third-order valence-corrected chi connectivity index (χ3v) is 17.0. The Hall–Kier alpha value is -2.83. The minimum atomic E-state index is -3.39. The van der Waals surface area contributed by atoms with Crippen molar-refractivity contribution in [2.75, 3.05) is 13.1 Å². The molecule has 1 aliphatic rings. The Morgan fingerprint density at radius 1 is 1.06 bits per heavy atom. The summed E-state index contributed by atoms with van der Waals surface area (Å²) in [4.78, 5) is 31.9. The number of cyclic esters (lactones) is 1. The number of hydrogen-bond acceptors (Lipinski definition) is 6. The summed E-state index contributed by atoms with van der Waals surface area (Å²) >= 11 is 2.16. The lowest BCUT2D eigenvalue weighted by molar-refractivity contribution is -0.0198. The fourth-order valence-electron chi connectivity index (χ4n) is 7.68. The molecule has 9 nitrogen and oxygen atoms in total. The molecule has 0 radical (unpaired) electrons. The van der Waals surface area contributed by atoms with Crippen molar-refractivity contribution >= 4 is 52.1 Å². The number of carbonyl (C=O) groups excluding carboxylic acids is 1. The van der Waals surface area contributed by atoms with E-state index in [-0.39, 0.29) is 5.92 Å². The summed E-state index contributed by atoms with van der Waals surface area (Å²) < 4.78 is 24.3. The molecule has 0 aromatic heterocycles. The Kier molecular flexibility index (Phi) is 13.9.